The van der Waals surface area contributed by atoms with E-state index in [9.17, 15) is 4.79 Å². The highest BCUT2D eigenvalue weighted by molar-refractivity contribution is 6.33. The van der Waals surface area contributed by atoms with Crippen molar-refractivity contribution in [2.45, 2.75) is 32.6 Å². The minimum atomic E-state index is -0.942. The lowest BCUT2D eigenvalue weighted by Gasteiger charge is -2.26. The van der Waals surface area contributed by atoms with Crippen LogP contribution in [0.4, 0.5) is 5.69 Å². The molecular formula is C17H22ClNO2. The molecular weight excluding hydrogens is 286 g/mol. The van der Waals surface area contributed by atoms with E-state index >= 15 is 0 Å². The average Bonchev–Trinajstić information content (AvgIpc) is 2.70. The fraction of sp³-hybridized carbons (Fsp3) is 0.471. The van der Waals surface area contributed by atoms with Crippen molar-refractivity contribution in [2.24, 2.45) is 5.92 Å². The van der Waals surface area contributed by atoms with Gasteiger partial charge in [-0.25, -0.2) is 4.79 Å². The third kappa shape index (κ3) is 4.24. The second kappa shape index (κ2) is 7.51. The molecule has 0 aliphatic carbocycles. The predicted molar refractivity (Wildman–Crippen MR) is 88.0 cm³/mol. The fourth-order valence-corrected chi connectivity index (χ4v) is 3.26. The number of hydrogen-bond acceptors (Lipinski definition) is 2. The van der Waals surface area contributed by atoms with E-state index in [2.05, 4.69) is 11.8 Å². The SMILES string of the molecule is CCC1CCCN(c2c(Cl)cccc2/C=C/C(=O)O)CC1. The van der Waals surface area contributed by atoms with Gasteiger partial charge in [-0.2, -0.15) is 0 Å². The van der Waals surface area contributed by atoms with Crippen molar-refractivity contribution in [3.8, 4) is 0 Å². The number of para-hydroxylation sites is 1. The summed E-state index contributed by atoms with van der Waals surface area (Å²) in [5.74, 6) is -0.154. The van der Waals surface area contributed by atoms with Gasteiger partial charge in [-0.15, -0.1) is 0 Å². The van der Waals surface area contributed by atoms with Crippen molar-refractivity contribution in [1.82, 2.24) is 0 Å². The van der Waals surface area contributed by atoms with E-state index in [1.54, 1.807) is 6.08 Å². The van der Waals surface area contributed by atoms with Crippen molar-refractivity contribution in [3.05, 3.63) is 34.9 Å². The van der Waals surface area contributed by atoms with Gasteiger partial charge in [-0.1, -0.05) is 37.1 Å². The summed E-state index contributed by atoms with van der Waals surface area (Å²) in [5, 5.41) is 9.52. The molecule has 1 aromatic rings. The standard InChI is InChI=1S/C17H22ClNO2/c1-2-13-5-4-11-19(12-10-13)17-14(8-9-16(20)21)6-3-7-15(17)18/h3,6-9,13H,2,4-5,10-12H2,1H3,(H,20,21)/b9-8+. The molecule has 0 saturated carbocycles. The second-order valence-electron chi connectivity index (χ2n) is 5.54. The van der Waals surface area contributed by atoms with E-state index in [1.165, 1.54) is 25.3 Å². The number of carbonyl (C=O) groups is 1. The molecule has 1 heterocycles. The number of carboxylic acid groups (broad SMARTS) is 1. The van der Waals surface area contributed by atoms with E-state index in [4.69, 9.17) is 16.7 Å². The molecule has 0 spiro atoms. The third-order valence-electron chi connectivity index (χ3n) is 4.16. The molecule has 1 saturated heterocycles. The van der Waals surface area contributed by atoms with Gasteiger partial charge in [-0.3, -0.25) is 0 Å². The zero-order valence-corrected chi connectivity index (χ0v) is 13.1. The molecule has 1 N–H and O–H groups in total. The van der Waals surface area contributed by atoms with Crippen molar-refractivity contribution >= 4 is 29.3 Å². The Kier molecular flexibility index (Phi) is 5.68. The van der Waals surface area contributed by atoms with Crippen LogP contribution in [0.2, 0.25) is 5.02 Å². The molecule has 0 amide bonds. The van der Waals surface area contributed by atoms with E-state index in [0.29, 0.717) is 5.02 Å². The van der Waals surface area contributed by atoms with Crippen molar-refractivity contribution in [3.63, 3.8) is 0 Å². The molecule has 1 atom stereocenters. The smallest absolute Gasteiger partial charge is 0.328 e. The van der Waals surface area contributed by atoms with Crippen LogP contribution in [-0.4, -0.2) is 24.2 Å². The van der Waals surface area contributed by atoms with E-state index in [1.807, 2.05) is 18.2 Å². The number of rotatable bonds is 4. The van der Waals surface area contributed by atoms with Crippen molar-refractivity contribution in [2.75, 3.05) is 18.0 Å². The van der Waals surface area contributed by atoms with Crippen LogP contribution in [0.3, 0.4) is 0 Å². The minimum absolute atomic E-state index is 0.692. The molecule has 3 nitrogen and oxygen atoms in total. The number of hydrogen-bond donors (Lipinski definition) is 1. The van der Waals surface area contributed by atoms with Gasteiger partial charge in [0.15, 0.2) is 0 Å². The molecule has 0 bridgehead atoms. The quantitative estimate of drug-likeness (QED) is 0.835. The zero-order chi connectivity index (χ0) is 15.2. The number of aliphatic carboxylic acids is 1. The number of benzene rings is 1. The molecule has 1 fully saturated rings. The van der Waals surface area contributed by atoms with Crippen LogP contribution in [-0.2, 0) is 4.79 Å². The van der Waals surface area contributed by atoms with Gasteiger partial charge in [-0.05, 0) is 42.9 Å². The molecule has 0 aromatic heterocycles. The predicted octanol–water partition coefficient (Wildman–Crippen LogP) is 4.45. The van der Waals surface area contributed by atoms with E-state index in [-0.39, 0.29) is 0 Å². The summed E-state index contributed by atoms with van der Waals surface area (Å²) >= 11 is 6.38. The van der Waals surface area contributed by atoms with Gasteiger partial charge >= 0.3 is 5.97 Å². The maximum atomic E-state index is 10.7. The Bertz CT molecular complexity index is 528. The van der Waals surface area contributed by atoms with Crippen molar-refractivity contribution in [1.29, 1.82) is 0 Å². The Labute approximate surface area is 131 Å². The first-order chi connectivity index (χ1) is 10.1. The van der Waals surface area contributed by atoms with Crippen LogP contribution in [0.1, 0.15) is 38.2 Å². The molecule has 1 unspecified atom stereocenters. The highest BCUT2D eigenvalue weighted by atomic mass is 35.5. The van der Waals surface area contributed by atoms with Gasteiger partial charge in [0.05, 0.1) is 10.7 Å². The highest BCUT2D eigenvalue weighted by Gasteiger charge is 2.19. The Morgan fingerprint density at radius 3 is 2.95 bits per heavy atom. The first kappa shape index (κ1) is 15.9. The van der Waals surface area contributed by atoms with Crippen LogP contribution >= 0.6 is 11.6 Å². The zero-order valence-electron chi connectivity index (χ0n) is 12.4. The Balaban J connectivity index is 2.27. The third-order valence-corrected chi connectivity index (χ3v) is 4.47. The lowest BCUT2D eigenvalue weighted by Crippen LogP contribution is -2.25. The summed E-state index contributed by atoms with van der Waals surface area (Å²) in [6, 6.07) is 5.65. The normalized spacial score (nSPS) is 19.7. The Morgan fingerprint density at radius 1 is 1.43 bits per heavy atom. The Morgan fingerprint density at radius 2 is 2.24 bits per heavy atom. The van der Waals surface area contributed by atoms with Crippen LogP contribution in [0, 0.1) is 5.92 Å². The molecule has 4 heteroatoms. The summed E-state index contributed by atoms with van der Waals surface area (Å²) in [6.07, 6.45) is 7.61. The Hall–Kier alpha value is -1.48. The summed E-state index contributed by atoms with van der Waals surface area (Å²) in [4.78, 5) is 13.1. The minimum Gasteiger partial charge on any atom is -0.478 e. The van der Waals surface area contributed by atoms with Crippen LogP contribution in [0.15, 0.2) is 24.3 Å². The number of anilines is 1. The largest absolute Gasteiger partial charge is 0.478 e. The van der Waals surface area contributed by atoms with Gasteiger partial charge in [0, 0.05) is 19.2 Å². The molecule has 21 heavy (non-hydrogen) atoms. The summed E-state index contributed by atoms with van der Waals surface area (Å²) in [7, 11) is 0. The van der Waals surface area contributed by atoms with E-state index < -0.39 is 5.97 Å². The topological polar surface area (TPSA) is 40.5 Å². The average molecular weight is 308 g/mol. The molecule has 114 valence electrons. The van der Waals surface area contributed by atoms with Crippen LogP contribution < -0.4 is 4.90 Å². The van der Waals surface area contributed by atoms with Gasteiger partial charge in [0.2, 0.25) is 0 Å². The molecule has 1 aliphatic heterocycles. The van der Waals surface area contributed by atoms with E-state index in [0.717, 1.165) is 36.7 Å². The monoisotopic (exact) mass is 307 g/mol. The second-order valence-corrected chi connectivity index (χ2v) is 5.95. The van der Waals surface area contributed by atoms with Crippen molar-refractivity contribution < 1.29 is 9.90 Å². The summed E-state index contributed by atoms with van der Waals surface area (Å²) in [5.41, 5.74) is 1.84. The maximum absolute atomic E-state index is 10.7. The lowest BCUT2D eigenvalue weighted by atomic mass is 9.98. The number of halogens is 1. The number of nitrogens with zero attached hydrogens (tertiary/aromatic N) is 1. The lowest BCUT2D eigenvalue weighted by molar-refractivity contribution is -0.131. The number of carboxylic acids is 1. The molecule has 1 aromatic carbocycles. The first-order valence-corrected chi connectivity index (χ1v) is 7.94. The highest BCUT2D eigenvalue weighted by Crippen LogP contribution is 2.33. The van der Waals surface area contributed by atoms with Gasteiger partial charge in [0.1, 0.15) is 0 Å². The molecule has 2 rings (SSSR count). The molecule has 0 radical (unpaired) electrons. The summed E-state index contributed by atoms with van der Waals surface area (Å²) < 4.78 is 0. The summed E-state index contributed by atoms with van der Waals surface area (Å²) in [6.45, 7) is 4.21. The fourth-order valence-electron chi connectivity index (χ4n) is 2.96. The van der Waals surface area contributed by atoms with Crippen LogP contribution in [0.25, 0.3) is 6.08 Å². The van der Waals surface area contributed by atoms with Gasteiger partial charge in [0.25, 0.3) is 0 Å². The van der Waals surface area contributed by atoms with Gasteiger partial charge < -0.3 is 10.0 Å². The van der Waals surface area contributed by atoms with Crippen LogP contribution in [0.5, 0.6) is 0 Å². The molecule has 1 aliphatic rings. The maximum Gasteiger partial charge on any atom is 0.328 e. The first-order valence-electron chi connectivity index (χ1n) is 7.56.